The van der Waals surface area contributed by atoms with E-state index in [1.54, 1.807) is 0 Å². The van der Waals surface area contributed by atoms with Crippen molar-refractivity contribution in [1.82, 2.24) is 0 Å². The summed E-state index contributed by atoms with van der Waals surface area (Å²) in [5, 5.41) is 17.7. The molecule has 0 saturated heterocycles. The molecule has 0 saturated carbocycles. The molecule has 6 nitrogen and oxygen atoms in total. The van der Waals surface area contributed by atoms with Crippen LogP contribution in [-0.2, 0) is 19.1 Å². The van der Waals surface area contributed by atoms with Gasteiger partial charge in [0.1, 0.15) is 12.2 Å². The first kappa shape index (κ1) is 16.7. The van der Waals surface area contributed by atoms with Crippen molar-refractivity contribution in [1.29, 1.82) is 0 Å². The summed E-state index contributed by atoms with van der Waals surface area (Å²) in [7, 11) is 0. The first-order chi connectivity index (χ1) is 8.34. The summed E-state index contributed by atoms with van der Waals surface area (Å²) in [6, 6.07) is 0. The second kappa shape index (κ2) is 8.77. The molecule has 0 amide bonds. The predicted molar refractivity (Wildman–Crippen MR) is 62.6 cm³/mol. The van der Waals surface area contributed by atoms with Crippen molar-refractivity contribution in [2.75, 3.05) is 0 Å². The second-order valence-corrected chi connectivity index (χ2v) is 4.17. The Morgan fingerprint density at radius 2 is 1.50 bits per heavy atom. The van der Waals surface area contributed by atoms with Crippen molar-refractivity contribution in [2.24, 2.45) is 0 Å². The average Bonchev–Trinajstić information content (AvgIpc) is 2.27. The van der Waals surface area contributed by atoms with Crippen LogP contribution in [0.4, 0.5) is 0 Å². The number of aliphatic hydroxyl groups excluding tert-OH is 2. The number of rotatable bonds is 8. The molecule has 2 atom stereocenters. The Hall–Kier alpha value is -1.27. The number of Topliss-reactive ketones (excluding diaryl/α,β-unsaturated/α-hetero) is 1. The van der Waals surface area contributed by atoms with Gasteiger partial charge < -0.3 is 14.9 Å². The largest absolute Gasteiger partial charge is 0.391 e. The minimum atomic E-state index is -1.31. The third-order valence-electron chi connectivity index (χ3n) is 2.33. The van der Waals surface area contributed by atoms with E-state index < -0.39 is 24.1 Å². The highest BCUT2D eigenvalue weighted by atomic mass is 16.6. The molecule has 2 unspecified atom stereocenters. The maximum atomic E-state index is 11.1. The van der Waals surface area contributed by atoms with E-state index in [4.69, 9.17) is 10.2 Å². The fourth-order valence-corrected chi connectivity index (χ4v) is 1.20. The Kier molecular flexibility index (Phi) is 8.15. The van der Waals surface area contributed by atoms with Crippen molar-refractivity contribution < 1.29 is 29.3 Å². The summed E-state index contributed by atoms with van der Waals surface area (Å²) in [6.45, 7) is 2.64. The van der Waals surface area contributed by atoms with Crippen molar-refractivity contribution in [2.45, 2.75) is 58.2 Å². The monoisotopic (exact) mass is 260 g/mol. The zero-order chi connectivity index (χ0) is 14.1. The molecular weight excluding hydrogens is 240 g/mol. The number of unbranched alkanes of at least 4 members (excludes halogenated alkanes) is 2. The van der Waals surface area contributed by atoms with E-state index in [0.29, 0.717) is 19.3 Å². The van der Waals surface area contributed by atoms with Gasteiger partial charge in [0, 0.05) is 12.8 Å². The van der Waals surface area contributed by atoms with Gasteiger partial charge in [-0.3, -0.25) is 9.59 Å². The minimum Gasteiger partial charge on any atom is -0.391 e. The van der Waals surface area contributed by atoms with Crippen molar-refractivity contribution in [3.63, 3.8) is 0 Å². The van der Waals surface area contributed by atoms with Crippen LogP contribution < -0.4 is 0 Å². The Morgan fingerprint density at radius 1 is 0.944 bits per heavy atom. The summed E-state index contributed by atoms with van der Waals surface area (Å²) >= 11 is 0. The first-order valence-corrected chi connectivity index (χ1v) is 5.98. The molecule has 0 rings (SSSR count). The zero-order valence-corrected chi connectivity index (χ0v) is 10.7. The van der Waals surface area contributed by atoms with E-state index in [2.05, 4.69) is 4.74 Å². The van der Waals surface area contributed by atoms with Crippen LogP contribution in [0.2, 0.25) is 0 Å². The van der Waals surface area contributed by atoms with Crippen LogP contribution in [0.1, 0.15) is 46.0 Å². The van der Waals surface area contributed by atoms with Gasteiger partial charge in [0.05, 0.1) is 0 Å². The number of carbonyl (C=O) groups is 3. The van der Waals surface area contributed by atoms with Crippen molar-refractivity contribution >= 4 is 17.7 Å². The van der Waals surface area contributed by atoms with Gasteiger partial charge in [0.2, 0.25) is 0 Å². The topological polar surface area (TPSA) is 101 Å². The molecule has 0 bridgehead atoms. The van der Waals surface area contributed by atoms with Crippen LogP contribution in [0.3, 0.4) is 0 Å². The Morgan fingerprint density at radius 3 is 2.00 bits per heavy atom. The summed E-state index contributed by atoms with van der Waals surface area (Å²) in [5.41, 5.74) is 0. The van der Waals surface area contributed by atoms with Gasteiger partial charge in [0.25, 0.3) is 0 Å². The molecule has 0 fully saturated rings. The Balaban J connectivity index is 3.58. The molecular formula is C12H20O6. The van der Waals surface area contributed by atoms with Gasteiger partial charge >= 0.3 is 11.9 Å². The van der Waals surface area contributed by atoms with Gasteiger partial charge in [-0.1, -0.05) is 6.42 Å². The van der Waals surface area contributed by atoms with Crippen molar-refractivity contribution in [3.05, 3.63) is 0 Å². The molecule has 18 heavy (non-hydrogen) atoms. The lowest BCUT2D eigenvalue weighted by Crippen LogP contribution is -2.22. The molecule has 0 radical (unpaired) electrons. The van der Waals surface area contributed by atoms with Crippen LogP contribution in [-0.4, -0.2) is 40.1 Å². The number of esters is 2. The molecule has 104 valence electrons. The number of ether oxygens (including phenoxy) is 1. The number of ketones is 1. The molecule has 0 heterocycles. The standard InChI is InChI=1S/C12H20O6/c1-8(13)10(15)6-4-3-5-7-11(16)18-12(17)9(2)14/h8-9,13-14H,3-7H2,1-2H3. The van der Waals surface area contributed by atoms with E-state index in [1.165, 1.54) is 13.8 Å². The van der Waals surface area contributed by atoms with Crippen LogP contribution in [0.5, 0.6) is 0 Å². The highest BCUT2D eigenvalue weighted by Gasteiger charge is 2.15. The lowest BCUT2D eigenvalue weighted by molar-refractivity contribution is -0.165. The smallest absolute Gasteiger partial charge is 0.342 e. The molecule has 0 aromatic heterocycles. The molecule has 6 heteroatoms. The molecule has 0 aliphatic rings. The lowest BCUT2D eigenvalue weighted by Gasteiger charge is -2.05. The summed E-state index contributed by atoms with van der Waals surface area (Å²) in [4.78, 5) is 33.0. The van der Waals surface area contributed by atoms with Crippen LogP contribution in [0, 0.1) is 0 Å². The van der Waals surface area contributed by atoms with Crippen LogP contribution in [0.25, 0.3) is 0 Å². The quantitative estimate of drug-likeness (QED) is 0.371. The molecule has 0 aromatic rings. The highest BCUT2D eigenvalue weighted by Crippen LogP contribution is 2.06. The minimum absolute atomic E-state index is 0.0708. The van der Waals surface area contributed by atoms with E-state index in [1.807, 2.05) is 0 Å². The fraction of sp³-hybridized carbons (Fsp3) is 0.750. The summed E-state index contributed by atoms with van der Waals surface area (Å²) in [6.07, 6.45) is -0.187. The highest BCUT2D eigenvalue weighted by molar-refractivity contribution is 5.87. The van der Waals surface area contributed by atoms with E-state index in [0.717, 1.165) is 0 Å². The van der Waals surface area contributed by atoms with Gasteiger partial charge in [-0.05, 0) is 26.7 Å². The van der Waals surface area contributed by atoms with Gasteiger partial charge in [0.15, 0.2) is 5.78 Å². The zero-order valence-electron chi connectivity index (χ0n) is 10.7. The van der Waals surface area contributed by atoms with Crippen LogP contribution in [0.15, 0.2) is 0 Å². The van der Waals surface area contributed by atoms with Crippen LogP contribution >= 0.6 is 0 Å². The number of hydrogen-bond donors (Lipinski definition) is 2. The Bertz CT molecular complexity index is 295. The molecule has 0 spiro atoms. The van der Waals surface area contributed by atoms with E-state index >= 15 is 0 Å². The normalized spacial score (nSPS) is 13.8. The van der Waals surface area contributed by atoms with Gasteiger partial charge in [-0.25, -0.2) is 4.79 Å². The SMILES string of the molecule is CC(O)C(=O)CCCCCC(=O)OC(=O)C(C)O. The second-order valence-electron chi connectivity index (χ2n) is 4.17. The predicted octanol–water partition coefficient (Wildman–Crippen LogP) is 0.337. The molecule has 2 N–H and O–H groups in total. The molecule has 0 aromatic carbocycles. The summed E-state index contributed by atoms with van der Waals surface area (Å²) in [5.74, 6) is -1.85. The van der Waals surface area contributed by atoms with Gasteiger partial charge in [-0.2, -0.15) is 0 Å². The maximum absolute atomic E-state index is 11.1. The molecule has 0 aliphatic heterocycles. The maximum Gasteiger partial charge on any atom is 0.342 e. The third-order valence-corrected chi connectivity index (χ3v) is 2.33. The molecule has 0 aliphatic carbocycles. The first-order valence-electron chi connectivity index (χ1n) is 5.98. The summed E-state index contributed by atoms with van der Waals surface area (Å²) < 4.78 is 4.34. The van der Waals surface area contributed by atoms with Crippen molar-refractivity contribution in [3.8, 4) is 0 Å². The number of carbonyl (C=O) groups excluding carboxylic acids is 3. The Labute approximate surface area is 106 Å². The number of hydrogen-bond acceptors (Lipinski definition) is 6. The van der Waals surface area contributed by atoms with E-state index in [9.17, 15) is 14.4 Å². The van der Waals surface area contributed by atoms with Gasteiger partial charge in [-0.15, -0.1) is 0 Å². The third kappa shape index (κ3) is 7.92. The lowest BCUT2D eigenvalue weighted by atomic mass is 10.1. The number of aliphatic hydroxyl groups is 2. The fourth-order valence-electron chi connectivity index (χ4n) is 1.20. The average molecular weight is 260 g/mol. The van der Waals surface area contributed by atoms with E-state index in [-0.39, 0.29) is 18.6 Å².